The summed E-state index contributed by atoms with van der Waals surface area (Å²) >= 11 is 4.37. The molecule has 0 aromatic heterocycles. The molecule has 0 spiro atoms. The fourth-order valence-corrected chi connectivity index (χ4v) is 0. The Bertz CT molecular complexity index is 13.5. The normalized spacial score (nSPS) is 4.25. The quantitative estimate of drug-likeness (QED) is 0.407. The Hall–Kier alpha value is 1.23. The zero-order valence-corrected chi connectivity index (χ0v) is 5.44. The molecular weight excluding hydrogens is 183 g/mol. The largest absolute Gasteiger partial charge is 0.139 e. The summed E-state index contributed by atoms with van der Waals surface area (Å²) in [4.78, 5) is 0. The minimum atomic E-state index is 0. The summed E-state index contributed by atoms with van der Waals surface area (Å²) in [5.74, 6) is 0. The third-order valence-corrected chi connectivity index (χ3v) is 0. The van der Waals surface area contributed by atoms with Gasteiger partial charge >= 0.3 is 0 Å². The molecule has 0 nitrogen and oxygen atoms in total. The van der Waals surface area contributed by atoms with E-state index in [0.717, 1.165) is 10.3 Å². The summed E-state index contributed by atoms with van der Waals surface area (Å²) in [5.41, 5.74) is 0. The number of hydrogen-bond donors (Lipinski definition) is 1. The van der Waals surface area contributed by atoms with Crippen LogP contribution >= 0.6 is 0 Å². The smallest absolute Gasteiger partial charge is 0 e. The fraction of sp³-hybridized carbons (Fsp3) is 1.00. The summed E-state index contributed by atoms with van der Waals surface area (Å²) in [5, 5.41) is 0. The second-order valence-corrected chi connectivity index (χ2v) is 1.64. The average molecular weight is 187 g/mol. The molecular formula is CH4PdS2. The van der Waals surface area contributed by atoms with Gasteiger partial charge in [0.1, 0.15) is 0 Å². The van der Waals surface area contributed by atoms with Crippen LogP contribution in [0.1, 0.15) is 0 Å². The van der Waals surface area contributed by atoms with Crippen molar-refractivity contribution in [2.24, 2.45) is 0 Å². The van der Waals surface area contributed by atoms with E-state index in [2.05, 4.69) is 11.2 Å². The van der Waals surface area contributed by atoms with Gasteiger partial charge in [-0.2, -0.15) is 0 Å². The first-order valence-corrected chi connectivity index (χ1v) is 2.98. The van der Waals surface area contributed by atoms with Crippen molar-refractivity contribution in [1.29, 1.82) is 0 Å². The second-order valence-electron chi connectivity index (χ2n) is 0.183. The molecule has 4 heavy (non-hydrogen) atoms. The Morgan fingerprint density at radius 3 is 1.75 bits per heavy atom. The molecule has 0 aliphatic rings. The van der Waals surface area contributed by atoms with Gasteiger partial charge in [-0.3, -0.25) is 0 Å². The SMILES string of the molecule is C[SH]=S.[Pd]. The summed E-state index contributed by atoms with van der Waals surface area (Å²) in [7, 11) is 1.00. The molecule has 0 radical (unpaired) electrons. The Balaban J connectivity index is 0. The van der Waals surface area contributed by atoms with Crippen LogP contribution in [0, 0.1) is 0 Å². The zero-order valence-electron chi connectivity index (χ0n) is 2.17. The minimum absolute atomic E-state index is 0. The van der Waals surface area contributed by atoms with Gasteiger partial charge in [-0.1, -0.05) is 11.2 Å². The molecule has 0 heterocycles. The zero-order chi connectivity index (χ0) is 2.71. The first-order valence-electron chi connectivity index (χ1n) is 0.630. The van der Waals surface area contributed by atoms with E-state index in [1.165, 1.54) is 0 Å². The maximum atomic E-state index is 4.37. The van der Waals surface area contributed by atoms with Crippen LogP contribution in [0.4, 0.5) is 0 Å². The summed E-state index contributed by atoms with van der Waals surface area (Å²) in [6.07, 6.45) is 1.91. The van der Waals surface area contributed by atoms with E-state index in [1.54, 1.807) is 0 Å². The van der Waals surface area contributed by atoms with Gasteiger partial charge in [0.25, 0.3) is 0 Å². The van der Waals surface area contributed by atoms with Crippen LogP contribution in [-0.2, 0) is 41.9 Å². The maximum Gasteiger partial charge on any atom is 0 e. The van der Waals surface area contributed by atoms with E-state index in [4.69, 9.17) is 0 Å². The number of thiol groups is 1. The third kappa shape index (κ3) is 10.6. The molecule has 0 aromatic carbocycles. The van der Waals surface area contributed by atoms with Crippen molar-refractivity contribution in [2.45, 2.75) is 0 Å². The molecule has 0 N–H and O–H groups in total. The molecule has 0 unspecified atom stereocenters. The summed E-state index contributed by atoms with van der Waals surface area (Å²) in [6.45, 7) is 0. The van der Waals surface area contributed by atoms with E-state index in [9.17, 15) is 0 Å². The molecule has 3 heteroatoms. The Labute approximate surface area is 48.3 Å². The molecule has 0 saturated carbocycles. The van der Waals surface area contributed by atoms with E-state index in [0.29, 0.717) is 0 Å². The van der Waals surface area contributed by atoms with Gasteiger partial charge in [0.05, 0.1) is 0 Å². The molecule has 0 saturated heterocycles. The molecule has 0 bridgehead atoms. The molecule has 30 valence electrons. The number of hydrogen-bond acceptors (Lipinski definition) is 1. The van der Waals surface area contributed by atoms with Gasteiger partial charge in [-0.05, 0) is 6.26 Å². The maximum absolute atomic E-state index is 4.37. The van der Waals surface area contributed by atoms with Crippen LogP contribution in [-0.4, -0.2) is 6.26 Å². The first-order chi connectivity index (χ1) is 1.41. The third-order valence-electron chi connectivity index (χ3n) is 0. The van der Waals surface area contributed by atoms with Crippen molar-refractivity contribution < 1.29 is 20.4 Å². The van der Waals surface area contributed by atoms with Crippen molar-refractivity contribution in [1.82, 2.24) is 0 Å². The van der Waals surface area contributed by atoms with E-state index < -0.39 is 0 Å². The Morgan fingerprint density at radius 1 is 1.75 bits per heavy atom. The second kappa shape index (κ2) is 8.87. The first kappa shape index (κ1) is 8.97. The molecule has 0 amide bonds. The standard InChI is InChI=1S/CH4S2.Pd/c1-3-2;/h3H,1H3;. The van der Waals surface area contributed by atoms with Crippen molar-refractivity contribution >= 4 is 21.5 Å². The molecule has 0 atom stereocenters. The van der Waals surface area contributed by atoms with Crippen LogP contribution in [0.15, 0.2) is 0 Å². The topological polar surface area (TPSA) is 0 Å². The molecule has 0 aliphatic heterocycles. The van der Waals surface area contributed by atoms with Crippen LogP contribution in [0.5, 0.6) is 0 Å². The Morgan fingerprint density at radius 2 is 1.75 bits per heavy atom. The van der Waals surface area contributed by atoms with Gasteiger partial charge in [0, 0.05) is 20.4 Å². The number of rotatable bonds is 0. The molecule has 0 fully saturated rings. The monoisotopic (exact) mass is 186 g/mol. The van der Waals surface area contributed by atoms with E-state index in [-0.39, 0.29) is 20.4 Å². The predicted molar refractivity (Wildman–Crippen MR) is 22.0 cm³/mol. The van der Waals surface area contributed by atoms with Crippen molar-refractivity contribution in [3.05, 3.63) is 0 Å². The van der Waals surface area contributed by atoms with Gasteiger partial charge in [0.15, 0.2) is 0 Å². The molecule has 0 aliphatic carbocycles. The summed E-state index contributed by atoms with van der Waals surface area (Å²) in [6, 6.07) is 0. The van der Waals surface area contributed by atoms with Crippen molar-refractivity contribution in [2.75, 3.05) is 6.26 Å². The average Bonchev–Trinajstić information content (AvgIpc) is 0.918. The van der Waals surface area contributed by atoms with E-state index >= 15 is 0 Å². The van der Waals surface area contributed by atoms with E-state index in [1.807, 2.05) is 6.26 Å². The predicted octanol–water partition coefficient (Wildman–Crippen LogP) is -0.110. The Kier molecular flexibility index (Phi) is 19.9. The van der Waals surface area contributed by atoms with Crippen molar-refractivity contribution in [3.63, 3.8) is 0 Å². The van der Waals surface area contributed by atoms with Crippen molar-refractivity contribution in [3.8, 4) is 0 Å². The van der Waals surface area contributed by atoms with Crippen LogP contribution < -0.4 is 0 Å². The van der Waals surface area contributed by atoms with Gasteiger partial charge < -0.3 is 0 Å². The minimum Gasteiger partial charge on any atom is -0.139 e. The van der Waals surface area contributed by atoms with Gasteiger partial charge in [-0.15, -0.1) is 10.3 Å². The fourth-order valence-electron chi connectivity index (χ4n) is 0. The van der Waals surface area contributed by atoms with Crippen LogP contribution in [0.3, 0.4) is 0 Å². The van der Waals surface area contributed by atoms with Gasteiger partial charge in [0.2, 0.25) is 0 Å². The van der Waals surface area contributed by atoms with Crippen LogP contribution in [0.25, 0.3) is 0 Å². The molecule has 0 aromatic rings. The summed E-state index contributed by atoms with van der Waals surface area (Å²) < 4.78 is 0. The van der Waals surface area contributed by atoms with Gasteiger partial charge in [-0.25, -0.2) is 0 Å². The molecule has 0 rings (SSSR count). The van der Waals surface area contributed by atoms with Crippen LogP contribution in [0.2, 0.25) is 0 Å².